The Morgan fingerprint density at radius 3 is 2.40 bits per heavy atom. The van der Waals surface area contributed by atoms with Gasteiger partial charge in [-0.25, -0.2) is 9.18 Å². The predicted octanol–water partition coefficient (Wildman–Crippen LogP) is 3.79. The summed E-state index contributed by atoms with van der Waals surface area (Å²) in [6.07, 6.45) is -0.221. The van der Waals surface area contributed by atoms with Gasteiger partial charge in [-0.2, -0.15) is 13.8 Å². The fourth-order valence-corrected chi connectivity index (χ4v) is 1.85. The number of hydrogen-bond acceptors (Lipinski definition) is 5. The maximum Gasteiger partial charge on any atom is 0.335 e. The van der Waals surface area contributed by atoms with Crippen LogP contribution in [0.4, 0.5) is 13.2 Å². The van der Waals surface area contributed by atoms with E-state index in [4.69, 9.17) is 9.26 Å². The summed E-state index contributed by atoms with van der Waals surface area (Å²) in [7, 11) is 0. The second-order valence-corrected chi connectivity index (χ2v) is 6.38. The Kier molecular flexibility index (Phi) is 5.01. The van der Waals surface area contributed by atoms with Crippen LogP contribution in [0.5, 0.6) is 0 Å². The number of alkyl halides is 2. The summed E-state index contributed by atoms with van der Waals surface area (Å²) in [6, 6.07) is 3.69. The Bertz CT molecular complexity index is 777. The number of nitrogens with zero attached hydrogens (tertiary/aromatic N) is 2. The van der Waals surface area contributed by atoms with Crippen molar-refractivity contribution < 1.29 is 27.2 Å². The molecule has 0 atom stereocenters. The molecular formula is C17H17F3N2O3. The smallest absolute Gasteiger partial charge is 0.335 e. The first-order chi connectivity index (χ1) is 11.5. The largest absolute Gasteiger partial charge is 0.457 e. The summed E-state index contributed by atoms with van der Waals surface area (Å²) < 4.78 is 51.4. The topological polar surface area (TPSA) is 65.2 Å². The van der Waals surface area contributed by atoms with Crippen LogP contribution in [0.25, 0.3) is 0 Å². The van der Waals surface area contributed by atoms with Gasteiger partial charge in [0, 0.05) is 11.1 Å². The molecule has 0 N–H and O–H groups in total. The highest BCUT2D eigenvalue weighted by molar-refractivity contribution is 5.88. The number of hydrogen-bond donors (Lipinski definition) is 0. The predicted molar refractivity (Wildman–Crippen MR) is 82.4 cm³/mol. The van der Waals surface area contributed by atoms with Gasteiger partial charge < -0.3 is 9.26 Å². The van der Waals surface area contributed by atoms with Crippen LogP contribution < -0.4 is 0 Å². The van der Waals surface area contributed by atoms with Crippen molar-refractivity contribution in [1.82, 2.24) is 10.1 Å². The Balaban J connectivity index is 2.12. The first-order valence-corrected chi connectivity index (χ1v) is 7.37. The molecule has 1 heterocycles. The summed E-state index contributed by atoms with van der Waals surface area (Å²) >= 11 is 0. The van der Waals surface area contributed by atoms with Crippen molar-refractivity contribution in [2.75, 3.05) is 0 Å². The molecule has 1 aromatic heterocycles. The van der Waals surface area contributed by atoms with Crippen molar-refractivity contribution in [3.05, 3.63) is 59.5 Å². The maximum absolute atomic E-state index is 14.3. The first kappa shape index (κ1) is 18.7. The minimum Gasteiger partial charge on any atom is -0.457 e. The van der Waals surface area contributed by atoms with Crippen molar-refractivity contribution in [2.24, 2.45) is 0 Å². The normalized spacial score (nSPS) is 12.1. The molecule has 0 amide bonds. The molecule has 5 nitrogen and oxygen atoms in total. The van der Waals surface area contributed by atoms with Crippen molar-refractivity contribution in [3.8, 4) is 0 Å². The molecular weight excluding hydrogens is 337 g/mol. The number of rotatable bonds is 5. The van der Waals surface area contributed by atoms with Crippen molar-refractivity contribution in [2.45, 2.75) is 38.7 Å². The molecule has 25 heavy (non-hydrogen) atoms. The van der Waals surface area contributed by atoms with Gasteiger partial charge in [-0.15, -0.1) is 0 Å². The zero-order valence-electron chi connectivity index (χ0n) is 14.0. The fraction of sp³-hybridized carbons (Fsp3) is 0.353. The van der Waals surface area contributed by atoms with E-state index in [1.807, 2.05) is 0 Å². The second-order valence-electron chi connectivity index (χ2n) is 6.38. The van der Waals surface area contributed by atoms with Gasteiger partial charge in [0.25, 0.3) is 0 Å². The highest BCUT2D eigenvalue weighted by Crippen LogP contribution is 2.33. The van der Waals surface area contributed by atoms with E-state index in [0.29, 0.717) is 0 Å². The van der Waals surface area contributed by atoms with Crippen LogP contribution in [-0.4, -0.2) is 21.7 Å². The van der Waals surface area contributed by atoms with Crippen LogP contribution in [0.2, 0.25) is 0 Å². The average molecular weight is 354 g/mol. The molecule has 0 aliphatic heterocycles. The molecule has 2 rings (SSSR count). The Labute approximate surface area is 142 Å². The van der Waals surface area contributed by atoms with Gasteiger partial charge >= 0.3 is 11.9 Å². The van der Waals surface area contributed by atoms with Gasteiger partial charge in [0.15, 0.2) is 0 Å². The zero-order valence-corrected chi connectivity index (χ0v) is 14.0. The van der Waals surface area contributed by atoms with E-state index >= 15 is 0 Å². The number of esters is 1. The number of halogens is 3. The third kappa shape index (κ3) is 4.68. The van der Waals surface area contributed by atoms with E-state index in [0.717, 1.165) is 24.3 Å². The van der Waals surface area contributed by atoms with E-state index in [-0.39, 0.29) is 17.9 Å². The summed E-state index contributed by atoms with van der Waals surface area (Å²) in [4.78, 5) is 15.4. The zero-order chi connectivity index (χ0) is 18.8. The molecule has 0 unspecified atom stereocenters. The third-order valence-corrected chi connectivity index (χ3v) is 3.01. The number of aromatic nitrogens is 2. The first-order valence-electron chi connectivity index (χ1n) is 7.37. The highest BCUT2D eigenvalue weighted by atomic mass is 19.3. The van der Waals surface area contributed by atoms with E-state index in [1.54, 1.807) is 20.8 Å². The summed E-state index contributed by atoms with van der Waals surface area (Å²) in [5, 5.41) is 3.25. The summed E-state index contributed by atoms with van der Waals surface area (Å²) in [5.41, 5.74) is -1.20. The van der Waals surface area contributed by atoms with Crippen LogP contribution in [0.3, 0.4) is 0 Å². The Morgan fingerprint density at radius 2 is 1.84 bits per heavy atom. The van der Waals surface area contributed by atoms with Crippen LogP contribution in [0.15, 0.2) is 40.9 Å². The number of ether oxygens (including phenoxy) is 1. The van der Waals surface area contributed by atoms with E-state index in [9.17, 15) is 18.0 Å². The fourth-order valence-electron chi connectivity index (χ4n) is 1.85. The minimum absolute atomic E-state index is 0.00442. The average Bonchev–Trinajstić information content (AvgIpc) is 2.95. The van der Waals surface area contributed by atoms with Crippen molar-refractivity contribution in [1.29, 1.82) is 0 Å². The quantitative estimate of drug-likeness (QED) is 0.604. The van der Waals surface area contributed by atoms with E-state index in [1.165, 1.54) is 0 Å². The van der Waals surface area contributed by atoms with Gasteiger partial charge in [0.05, 0.1) is 6.42 Å². The number of benzene rings is 1. The molecule has 0 aliphatic rings. The molecule has 2 aromatic rings. The van der Waals surface area contributed by atoms with Crippen LogP contribution >= 0.6 is 0 Å². The molecule has 0 bridgehead atoms. The van der Waals surface area contributed by atoms with Gasteiger partial charge in [-0.05, 0) is 45.0 Å². The Hall–Kier alpha value is -2.64. The van der Waals surface area contributed by atoms with Crippen molar-refractivity contribution in [3.63, 3.8) is 0 Å². The molecule has 0 aliphatic carbocycles. The summed E-state index contributed by atoms with van der Waals surface area (Å²) in [5.74, 6) is -5.97. The minimum atomic E-state index is -3.57. The van der Waals surface area contributed by atoms with Crippen molar-refractivity contribution >= 4 is 5.97 Å². The van der Waals surface area contributed by atoms with Gasteiger partial charge in [-0.3, -0.25) is 0 Å². The molecule has 0 fully saturated rings. The molecule has 0 spiro atoms. The monoisotopic (exact) mass is 354 g/mol. The number of carbonyl (C=O) groups excluding carboxylic acids is 1. The molecule has 0 radical (unpaired) electrons. The van der Waals surface area contributed by atoms with Gasteiger partial charge in [-0.1, -0.05) is 11.7 Å². The lowest BCUT2D eigenvalue weighted by Crippen LogP contribution is -2.25. The molecule has 134 valence electrons. The van der Waals surface area contributed by atoms with E-state index < -0.39 is 34.7 Å². The lowest BCUT2D eigenvalue weighted by molar-refractivity contribution is -0.150. The molecule has 0 saturated heterocycles. The number of carbonyl (C=O) groups is 1. The Morgan fingerprint density at radius 1 is 1.24 bits per heavy atom. The van der Waals surface area contributed by atoms with Gasteiger partial charge in [0.2, 0.25) is 11.7 Å². The van der Waals surface area contributed by atoms with Crippen LogP contribution in [0, 0.1) is 5.82 Å². The third-order valence-electron chi connectivity index (χ3n) is 3.01. The molecule has 0 saturated carbocycles. The van der Waals surface area contributed by atoms with E-state index in [2.05, 4.69) is 16.7 Å². The SMILES string of the molecule is C=C(Cc1nc(C(F)(F)c2ccc(F)cc2)no1)C(=O)OC(C)(C)C. The summed E-state index contributed by atoms with van der Waals surface area (Å²) in [6.45, 7) is 8.60. The maximum atomic E-state index is 14.3. The lowest BCUT2D eigenvalue weighted by atomic mass is 10.1. The second kappa shape index (κ2) is 6.70. The molecule has 1 aromatic carbocycles. The van der Waals surface area contributed by atoms with Crippen LogP contribution in [-0.2, 0) is 21.9 Å². The van der Waals surface area contributed by atoms with Crippen LogP contribution in [0.1, 0.15) is 38.0 Å². The lowest BCUT2D eigenvalue weighted by Gasteiger charge is -2.19. The highest BCUT2D eigenvalue weighted by Gasteiger charge is 2.39. The standard InChI is InChI=1S/C17H17F3N2O3/c1-10(14(23)24-16(2,3)4)9-13-21-15(22-25-13)17(19,20)11-5-7-12(18)8-6-11/h5-8H,1,9H2,2-4H3. The van der Waals surface area contributed by atoms with Gasteiger partial charge in [0.1, 0.15) is 11.4 Å². The molecule has 8 heteroatoms.